The van der Waals surface area contributed by atoms with E-state index in [4.69, 9.17) is 4.74 Å². The van der Waals surface area contributed by atoms with Gasteiger partial charge in [0, 0.05) is 12.1 Å². The average molecular weight is 325 g/mol. The maximum atomic E-state index is 12.5. The van der Waals surface area contributed by atoms with Crippen molar-refractivity contribution in [2.24, 2.45) is 0 Å². The minimum atomic E-state index is -0.447. The van der Waals surface area contributed by atoms with E-state index in [1.54, 1.807) is 6.07 Å². The minimum absolute atomic E-state index is 0.108. The zero-order valence-corrected chi connectivity index (χ0v) is 14.2. The number of benzene rings is 2. The molecule has 1 amide bonds. The number of piperidine rings is 1. The van der Waals surface area contributed by atoms with Crippen LogP contribution < -0.4 is 0 Å². The number of carbonyl (C=O) groups excluding carboxylic acids is 2. The number of fused-ring (bicyclic) bond motifs is 1. The van der Waals surface area contributed by atoms with E-state index in [1.165, 1.54) is 0 Å². The highest BCUT2D eigenvalue weighted by Crippen LogP contribution is 2.23. The van der Waals surface area contributed by atoms with Crippen LogP contribution in [0, 0.1) is 0 Å². The Hall–Kier alpha value is -2.36. The van der Waals surface area contributed by atoms with Crippen molar-refractivity contribution in [3.8, 4) is 0 Å². The van der Waals surface area contributed by atoms with Crippen LogP contribution in [-0.4, -0.2) is 35.5 Å². The van der Waals surface area contributed by atoms with Crippen LogP contribution in [0.3, 0.4) is 0 Å². The van der Waals surface area contributed by atoms with Gasteiger partial charge >= 0.3 is 5.97 Å². The van der Waals surface area contributed by atoms with Gasteiger partial charge in [-0.3, -0.25) is 4.79 Å². The zero-order valence-electron chi connectivity index (χ0n) is 14.2. The van der Waals surface area contributed by atoms with E-state index in [2.05, 4.69) is 13.8 Å². The predicted octanol–water partition coefficient (Wildman–Crippen LogP) is 3.79. The third kappa shape index (κ3) is 3.28. The van der Waals surface area contributed by atoms with Crippen molar-refractivity contribution in [1.29, 1.82) is 0 Å². The highest BCUT2D eigenvalue weighted by atomic mass is 16.5. The normalized spacial score (nSPS) is 20.8. The van der Waals surface area contributed by atoms with E-state index in [1.807, 2.05) is 41.3 Å². The molecule has 126 valence electrons. The summed E-state index contributed by atoms with van der Waals surface area (Å²) < 4.78 is 5.32. The van der Waals surface area contributed by atoms with E-state index in [0.29, 0.717) is 5.56 Å². The Morgan fingerprint density at radius 1 is 1.04 bits per heavy atom. The molecule has 2 atom stereocenters. The third-order valence-corrected chi connectivity index (χ3v) is 4.82. The number of esters is 1. The standard InChI is InChI=1S/C20H23NO3/c1-14-7-5-8-15(2)21(14)19(22)13-24-20(23)18-12-6-10-16-9-3-4-11-17(16)18/h3-4,6,9-12,14-15H,5,7-8,13H2,1-2H3/t14-,15+. The molecule has 2 aromatic carbocycles. The van der Waals surface area contributed by atoms with Crippen molar-refractivity contribution in [3.05, 3.63) is 48.0 Å². The molecule has 0 bridgehead atoms. The van der Waals surface area contributed by atoms with E-state index in [-0.39, 0.29) is 24.6 Å². The Labute approximate surface area is 142 Å². The van der Waals surface area contributed by atoms with Gasteiger partial charge in [0.05, 0.1) is 5.56 Å². The van der Waals surface area contributed by atoms with Crippen LogP contribution in [0.15, 0.2) is 42.5 Å². The predicted molar refractivity (Wildman–Crippen MR) is 93.9 cm³/mol. The van der Waals surface area contributed by atoms with Crippen LogP contribution in [0.25, 0.3) is 10.8 Å². The number of nitrogens with zero attached hydrogens (tertiary/aromatic N) is 1. The first-order chi connectivity index (χ1) is 11.6. The summed E-state index contributed by atoms with van der Waals surface area (Å²) in [5.41, 5.74) is 0.501. The molecule has 0 N–H and O–H groups in total. The molecule has 4 nitrogen and oxygen atoms in total. The highest BCUT2D eigenvalue weighted by molar-refractivity contribution is 6.04. The number of carbonyl (C=O) groups is 2. The van der Waals surface area contributed by atoms with Crippen LogP contribution in [0.4, 0.5) is 0 Å². The lowest BCUT2D eigenvalue weighted by Gasteiger charge is -2.38. The number of rotatable bonds is 3. The molecule has 4 heteroatoms. The Balaban J connectivity index is 1.70. The van der Waals surface area contributed by atoms with Crippen LogP contribution in [-0.2, 0) is 9.53 Å². The van der Waals surface area contributed by atoms with Crippen LogP contribution in [0.1, 0.15) is 43.5 Å². The number of likely N-dealkylation sites (tertiary alicyclic amines) is 1. The first kappa shape index (κ1) is 16.5. The smallest absolute Gasteiger partial charge is 0.339 e. The lowest BCUT2D eigenvalue weighted by Crippen LogP contribution is -2.49. The first-order valence-corrected chi connectivity index (χ1v) is 8.54. The number of ether oxygens (including phenoxy) is 1. The molecular weight excluding hydrogens is 302 g/mol. The molecule has 1 fully saturated rings. The monoisotopic (exact) mass is 325 g/mol. The van der Waals surface area contributed by atoms with Gasteiger partial charge in [0.2, 0.25) is 0 Å². The van der Waals surface area contributed by atoms with E-state index in [9.17, 15) is 9.59 Å². The summed E-state index contributed by atoms with van der Waals surface area (Å²) in [6.45, 7) is 3.91. The average Bonchev–Trinajstić information content (AvgIpc) is 2.59. The summed E-state index contributed by atoms with van der Waals surface area (Å²) >= 11 is 0. The van der Waals surface area contributed by atoms with Gasteiger partial charge in [0.25, 0.3) is 5.91 Å². The van der Waals surface area contributed by atoms with Gasteiger partial charge in [-0.1, -0.05) is 36.4 Å². The molecule has 24 heavy (non-hydrogen) atoms. The molecule has 0 radical (unpaired) electrons. The van der Waals surface area contributed by atoms with Crippen LogP contribution in [0.5, 0.6) is 0 Å². The van der Waals surface area contributed by atoms with Gasteiger partial charge < -0.3 is 9.64 Å². The van der Waals surface area contributed by atoms with Crippen molar-refractivity contribution < 1.29 is 14.3 Å². The Morgan fingerprint density at radius 3 is 2.46 bits per heavy atom. The van der Waals surface area contributed by atoms with E-state index >= 15 is 0 Å². The largest absolute Gasteiger partial charge is 0.452 e. The van der Waals surface area contributed by atoms with Gasteiger partial charge in [0.15, 0.2) is 6.61 Å². The summed E-state index contributed by atoms with van der Waals surface area (Å²) in [7, 11) is 0. The molecule has 2 aromatic rings. The van der Waals surface area contributed by atoms with Crippen molar-refractivity contribution in [3.63, 3.8) is 0 Å². The Bertz CT molecular complexity index is 740. The van der Waals surface area contributed by atoms with Crippen molar-refractivity contribution >= 4 is 22.6 Å². The number of hydrogen-bond donors (Lipinski definition) is 0. The van der Waals surface area contributed by atoms with Gasteiger partial charge in [0.1, 0.15) is 0 Å². The summed E-state index contributed by atoms with van der Waals surface area (Å²) in [6.07, 6.45) is 3.16. The summed E-state index contributed by atoms with van der Waals surface area (Å²) in [6, 6.07) is 13.6. The number of amides is 1. The second-order valence-corrected chi connectivity index (χ2v) is 6.53. The molecule has 1 heterocycles. The van der Waals surface area contributed by atoms with Crippen molar-refractivity contribution in [2.75, 3.05) is 6.61 Å². The van der Waals surface area contributed by atoms with E-state index < -0.39 is 5.97 Å². The fourth-order valence-corrected chi connectivity index (χ4v) is 3.60. The minimum Gasteiger partial charge on any atom is -0.452 e. The van der Waals surface area contributed by atoms with E-state index in [0.717, 1.165) is 30.0 Å². The Morgan fingerprint density at radius 2 is 1.71 bits per heavy atom. The second-order valence-electron chi connectivity index (χ2n) is 6.53. The quantitative estimate of drug-likeness (QED) is 0.807. The van der Waals surface area contributed by atoms with Gasteiger partial charge in [-0.05, 0) is 49.9 Å². The molecule has 0 spiro atoms. The van der Waals surface area contributed by atoms with Crippen LogP contribution in [0.2, 0.25) is 0 Å². The highest BCUT2D eigenvalue weighted by Gasteiger charge is 2.29. The molecule has 0 saturated carbocycles. The molecule has 1 aliphatic rings. The Kier molecular flexibility index (Phi) is 4.84. The molecule has 0 unspecified atom stereocenters. The van der Waals surface area contributed by atoms with Crippen LogP contribution >= 0.6 is 0 Å². The molecule has 3 rings (SSSR count). The topological polar surface area (TPSA) is 46.6 Å². The second kappa shape index (κ2) is 7.04. The third-order valence-electron chi connectivity index (χ3n) is 4.82. The fraction of sp³-hybridized carbons (Fsp3) is 0.400. The molecule has 0 aliphatic carbocycles. The van der Waals surface area contributed by atoms with Gasteiger partial charge in [-0.15, -0.1) is 0 Å². The lowest BCUT2D eigenvalue weighted by atomic mass is 9.97. The maximum absolute atomic E-state index is 12.5. The van der Waals surface area contributed by atoms with Crippen molar-refractivity contribution in [2.45, 2.75) is 45.2 Å². The van der Waals surface area contributed by atoms with Crippen molar-refractivity contribution in [1.82, 2.24) is 4.90 Å². The maximum Gasteiger partial charge on any atom is 0.339 e. The molecule has 1 aliphatic heterocycles. The molecule has 1 saturated heterocycles. The first-order valence-electron chi connectivity index (χ1n) is 8.54. The van der Waals surface area contributed by atoms with Gasteiger partial charge in [-0.2, -0.15) is 0 Å². The SMILES string of the molecule is C[C@@H]1CCC[C@H](C)N1C(=O)COC(=O)c1cccc2ccccc12. The fourth-order valence-electron chi connectivity index (χ4n) is 3.60. The molecular formula is C20H23NO3. The lowest BCUT2D eigenvalue weighted by molar-refractivity contribution is -0.140. The number of hydrogen-bond acceptors (Lipinski definition) is 3. The summed E-state index contributed by atoms with van der Waals surface area (Å²) in [5.74, 6) is -0.555. The molecule has 0 aromatic heterocycles. The summed E-state index contributed by atoms with van der Waals surface area (Å²) in [4.78, 5) is 26.7. The summed E-state index contributed by atoms with van der Waals surface area (Å²) in [5, 5.41) is 1.83. The van der Waals surface area contributed by atoms with Gasteiger partial charge in [-0.25, -0.2) is 4.79 Å². The zero-order chi connectivity index (χ0) is 17.1.